The van der Waals surface area contributed by atoms with Crippen molar-refractivity contribution in [2.24, 2.45) is 0 Å². The van der Waals surface area contributed by atoms with Crippen molar-refractivity contribution in [3.63, 3.8) is 0 Å². The predicted molar refractivity (Wildman–Crippen MR) is 267 cm³/mol. The number of rotatable bonds is 36. The Labute approximate surface area is 386 Å². The highest BCUT2D eigenvalue weighted by Crippen LogP contribution is 2.22. The van der Waals surface area contributed by atoms with E-state index in [4.69, 9.17) is 10.2 Å². The van der Waals surface area contributed by atoms with Crippen molar-refractivity contribution in [3.05, 3.63) is 59.7 Å². The third kappa shape index (κ3) is 34.1. The molecule has 0 aliphatic carbocycles. The van der Waals surface area contributed by atoms with Gasteiger partial charge in [-0.1, -0.05) is 168 Å². The molecule has 0 aromatic heterocycles. The first-order valence-corrected chi connectivity index (χ1v) is 26.6. The zero-order valence-corrected chi connectivity index (χ0v) is 42.5. The number of carboxylic acids is 2. The van der Waals surface area contributed by atoms with Crippen molar-refractivity contribution < 1.29 is 33.3 Å². The van der Waals surface area contributed by atoms with Gasteiger partial charge >= 0.3 is 11.9 Å². The fourth-order valence-corrected chi connectivity index (χ4v) is 8.40. The van der Waals surface area contributed by atoms with Gasteiger partial charge in [0.15, 0.2) is 9.79 Å². The summed E-state index contributed by atoms with van der Waals surface area (Å²) in [6.07, 6.45) is 40.8. The van der Waals surface area contributed by atoms with Crippen LogP contribution in [0.25, 0.3) is 0 Å². The Morgan fingerprint density at radius 2 is 0.613 bits per heavy atom. The number of hydrogen-bond acceptors (Lipinski definition) is 3. The summed E-state index contributed by atoms with van der Waals surface area (Å²) in [7, 11) is 9.40. The van der Waals surface area contributed by atoms with Crippen LogP contribution >= 0.6 is 0 Å². The van der Waals surface area contributed by atoms with Gasteiger partial charge < -0.3 is 23.7 Å². The second kappa shape index (κ2) is 39.0. The lowest BCUT2D eigenvalue weighted by atomic mass is 10.0. The second-order valence-corrected chi connectivity index (χ2v) is 20.6. The smallest absolute Gasteiger partial charge is 0.335 e. The molecule has 358 valence electrons. The Kier molecular flexibility index (Phi) is 37.5. The average molecular weight is 887 g/mol. The highest BCUT2D eigenvalue weighted by Gasteiger charge is 2.16. The first-order valence-electron chi connectivity index (χ1n) is 25.5. The highest BCUT2D eigenvalue weighted by molar-refractivity contribution is 7.91. The molecule has 2 aromatic carbocycles. The molecular weight excluding hydrogens is 789 g/mol. The van der Waals surface area contributed by atoms with E-state index in [-0.39, 0.29) is 11.1 Å². The number of aromatic carboxylic acids is 2. The lowest BCUT2D eigenvalue weighted by Gasteiger charge is -2.28. The standard InChI is InChI=1S/2C20H44N.C14H10O5S/c2*1-5-7-8-9-10-11-12-13-14-15-16-17-18-19-20-21(3,4)6-2;15-13(16)9-1-5-11(6-2-9)20(19)12-7-3-10(4-8-12)14(17)18/h2*5-20H2,1-4H3;1-8H,(H,15,16)(H,17,18)/q2*+1;. The average Bonchev–Trinajstić information content (AvgIpc) is 3.26. The number of nitrogens with zero attached hydrogens (tertiary/aromatic N) is 2. The van der Waals surface area contributed by atoms with Crippen molar-refractivity contribution in [2.45, 2.75) is 217 Å². The molecule has 7 nitrogen and oxygen atoms in total. The summed E-state index contributed by atoms with van der Waals surface area (Å²) in [5, 5.41) is 17.6. The third-order valence-electron chi connectivity index (χ3n) is 12.6. The lowest BCUT2D eigenvalue weighted by Crippen LogP contribution is -2.39. The molecule has 2 N–H and O–H groups in total. The molecule has 2 rings (SSSR count). The Balaban J connectivity index is 0.000000900. The van der Waals surface area contributed by atoms with Crippen LogP contribution in [-0.2, 0) is 11.2 Å². The van der Waals surface area contributed by atoms with Crippen LogP contribution in [0.3, 0.4) is 0 Å². The predicted octanol–water partition coefficient (Wildman–Crippen LogP) is 15.4. The fourth-order valence-electron chi connectivity index (χ4n) is 7.36. The molecule has 0 radical (unpaired) electrons. The molecule has 0 atom stereocenters. The monoisotopic (exact) mass is 887 g/mol. The largest absolute Gasteiger partial charge is 0.606 e. The fraction of sp³-hybridized carbons (Fsp3) is 0.741. The first-order chi connectivity index (χ1) is 29.7. The van der Waals surface area contributed by atoms with E-state index >= 15 is 0 Å². The Morgan fingerprint density at radius 1 is 0.403 bits per heavy atom. The summed E-state index contributed by atoms with van der Waals surface area (Å²) in [6.45, 7) is 14.4. The number of benzene rings is 2. The van der Waals surface area contributed by atoms with Crippen LogP contribution in [0.1, 0.15) is 228 Å². The zero-order valence-electron chi connectivity index (χ0n) is 41.7. The van der Waals surface area contributed by atoms with E-state index in [0.717, 1.165) is 0 Å². The van der Waals surface area contributed by atoms with Crippen molar-refractivity contribution in [1.82, 2.24) is 0 Å². The maximum absolute atomic E-state index is 12.2. The first kappa shape index (κ1) is 59.6. The second-order valence-electron chi connectivity index (χ2n) is 19.1. The molecule has 62 heavy (non-hydrogen) atoms. The summed E-state index contributed by atoms with van der Waals surface area (Å²) in [4.78, 5) is 22.4. The van der Waals surface area contributed by atoms with Gasteiger partial charge in [-0.15, -0.1) is 0 Å². The van der Waals surface area contributed by atoms with Gasteiger partial charge in [-0.3, -0.25) is 0 Å². The van der Waals surface area contributed by atoms with Gasteiger partial charge in [0.05, 0.1) is 65.5 Å². The number of carboxylic acid groups (broad SMARTS) is 2. The van der Waals surface area contributed by atoms with Gasteiger partial charge in [-0.25, -0.2) is 9.59 Å². The summed E-state index contributed by atoms with van der Waals surface area (Å²) in [5.41, 5.74) is 0.235. The molecule has 2 aromatic rings. The lowest BCUT2D eigenvalue weighted by molar-refractivity contribution is -0.888. The SMILES string of the molecule is CCCCCCCCCCCCCCCC[N+](C)(C)CC.CCCCCCCCCCCCCCCC[N+](C)(C)CC.O=C(O)c1ccc([S+]([O-])c2ccc(C(=O)O)cc2)cc1. The van der Waals surface area contributed by atoms with Crippen LogP contribution in [0.4, 0.5) is 0 Å². The van der Waals surface area contributed by atoms with Crippen LogP contribution in [0, 0.1) is 0 Å². The van der Waals surface area contributed by atoms with E-state index in [1.165, 1.54) is 263 Å². The normalized spacial score (nSPS) is 11.5. The van der Waals surface area contributed by atoms with Crippen molar-refractivity contribution in [2.75, 3.05) is 54.4 Å². The van der Waals surface area contributed by atoms with Gasteiger partial charge in [-0.05, 0) is 88.1 Å². The van der Waals surface area contributed by atoms with Crippen molar-refractivity contribution in [3.8, 4) is 0 Å². The molecule has 0 aliphatic heterocycles. The molecule has 0 spiro atoms. The summed E-state index contributed by atoms with van der Waals surface area (Å²) in [6, 6.07) is 11.4. The number of hydrogen-bond donors (Lipinski definition) is 2. The molecule has 0 saturated heterocycles. The Morgan fingerprint density at radius 3 is 0.806 bits per heavy atom. The molecule has 0 saturated carbocycles. The number of unbranched alkanes of at least 4 members (excludes halogenated alkanes) is 26. The molecular formula is C54H98N2O5S+2. The molecule has 0 bridgehead atoms. The number of quaternary nitrogens is 2. The van der Waals surface area contributed by atoms with Crippen LogP contribution in [0.15, 0.2) is 58.3 Å². The molecule has 0 aliphatic rings. The van der Waals surface area contributed by atoms with E-state index in [1.807, 2.05) is 0 Å². The maximum Gasteiger partial charge on any atom is 0.335 e. The molecule has 0 amide bonds. The minimum atomic E-state index is -1.48. The molecule has 0 heterocycles. The summed E-state index contributed by atoms with van der Waals surface area (Å²) < 4.78 is 14.6. The van der Waals surface area contributed by atoms with Crippen LogP contribution in [0.5, 0.6) is 0 Å². The van der Waals surface area contributed by atoms with E-state index in [2.05, 4.69) is 55.9 Å². The zero-order chi connectivity index (χ0) is 46.3. The van der Waals surface area contributed by atoms with Gasteiger partial charge in [0.1, 0.15) is 0 Å². The summed E-state index contributed by atoms with van der Waals surface area (Å²) in [5.74, 6) is -2.10. The van der Waals surface area contributed by atoms with Crippen LogP contribution < -0.4 is 0 Å². The minimum Gasteiger partial charge on any atom is -0.606 e. The van der Waals surface area contributed by atoms with E-state index in [0.29, 0.717) is 9.79 Å². The topological polar surface area (TPSA) is 97.7 Å². The van der Waals surface area contributed by atoms with Crippen LogP contribution in [0.2, 0.25) is 0 Å². The number of carbonyl (C=O) groups is 2. The summed E-state index contributed by atoms with van der Waals surface area (Å²) >= 11 is -1.48. The van der Waals surface area contributed by atoms with Crippen LogP contribution in [-0.4, -0.2) is 90.0 Å². The Bertz CT molecular complexity index is 1230. The quantitative estimate of drug-likeness (QED) is 0.0403. The van der Waals surface area contributed by atoms with E-state index in [1.54, 1.807) is 0 Å². The highest BCUT2D eigenvalue weighted by atomic mass is 32.2. The van der Waals surface area contributed by atoms with E-state index in [9.17, 15) is 14.1 Å². The van der Waals surface area contributed by atoms with Gasteiger partial charge in [-0.2, -0.15) is 0 Å². The molecule has 0 fully saturated rings. The van der Waals surface area contributed by atoms with Crippen molar-refractivity contribution >= 4 is 23.1 Å². The third-order valence-corrected chi connectivity index (χ3v) is 14.0. The molecule has 8 heteroatoms. The van der Waals surface area contributed by atoms with Gasteiger partial charge in [0, 0.05) is 11.2 Å². The molecule has 0 unspecified atom stereocenters. The Hall–Kier alpha value is -2.39. The van der Waals surface area contributed by atoms with Crippen molar-refractivity contribution in [1.29, 1.82) is 0 Å². The van der Waals surface area contributed by atoms with E-state index < -0.39 is 23.1 Å². The van der Waals surface area contributed by atoms with Gasteiger partial charge in [0.2, 0.25) is 0 Å². The van der Waals surface area contributed by atoms with Gasteiger partial charge in [0.25, 0.3) is 0 Å². The minimum absolute atomic E-state index is 0.118. The maximum atomic E-state index is 12.2.